The molecule has 0 radical (unpaired) electrons. The fraction of sp³-hybridized carbons (Fsp3) is 0.0577. The normalized spacial score (nSPS) is 13.0. The average molecular weight is 1380 g/mol. The molecule has 21 rings (SSSR count). The van der Waals surface area contributed by atoms with E-state index in [2.05, 4.69) is 367 Å². The van der Waals surface area contributed by atoms with Gasteiger partial charge in [0.2, 0.25) is 0 Å². The highest BCUT2D eigenvalue weighted by Gasteiger charge is 2.38. The maximum absolute atomic E-state index is 5.43. The van der Waals surface area contributed by atoms with E-state index >= 15 is 0 Å². The highest BCUT2D eigenvalue weighted by Crippen LogP contribution is 2.55. The molecule has 0 unspecified atom stereocenters. The summed E-state index contributed by atoms with van der Waals surface area (Å²) in [5.41, 5.74) is 34.0. The van der Waals surface area contributed by atoms with E-state index in [1.807, 2.05) is 24.3 Å². The molecule has 0 saturated carbocycles. The lowest BCUT2D eigenvalue weighted by Gasteiger charge is -2.23. The molecule has 0 amide bonds. The van der Waals surface area contributed by atoms with Crippen LogP contribution in [0.2, 0.25) is 0 Å². The molecular weight excluding hydrogens is 1310 g/mol. The molecule has 108 heavy (non-hydrogen) atoms. The summed E-state index contributed by atoms with van der Waals surface area (Å²) in [4.78, 5) is 21.4. The van der Waals surface area contributed by atoms with E-state index in [0.29, 0.717) is 0 Å². The maximum Gasteiger partial charge on any atom is 0.0985 e. The molecule has 0 bridgehead atoms. The van der Waals surface area contributed by atoms with Crippen LogP contribution in [0.5, 0.6) is 0 Å². The standard InChI is InChI=1S/C55H38N2.C49H34N2/c1-55(2)47-25-15-14-22-41(47)42-29-27-39(33-48(42)55)52-44-24-13-12-23-43(44)51(45-30-26-38(32-46(45)52)35-16-6-3-7-17-35)40-28-31-49-50(34-40)57-54(37-20-10-5-11-21-37)53(56-49)36-18-8-4-9-19-36;1-49(2)41-22-12-11-19-35(41)36-27-26-34(30-42(36)49)45-37-20-9-10-21-38(37)46(39-28-25-33(29-40(39)45)31-15-5-3-6-16-31)48-47(32-17-7-4-8-18-32)50-43-23-13-14-24-44(43)51-48/h3-34H,1-2H3;3-30H,1-2H3. The van der Waals surface area contributed by atoms with Gasteiger partial charge >= 0.3 is 0 Å². The summed E-state index contributed by atoms with van der Waals surface area (Å²) < 4.78 is 0. The van der Waals surface area contributed by atoms with Crippen molar-refractivity contribution in [2.24, 2.45) is 0 Å². The molecule has 0 aliphatic heterocycles. The Kier molecular flexibility index (Phi) is 15.2. The first kappa shape index (κ1) is 64.1. The molecule has 0 spiro atoms. The van der Waals surface area contributed by atoms with Crippen molar-refractivity contribution in [3.05, 3.63) is 386 Å². The summed E-state index contributed by atoms with van der Waals surface area (Å²) in [5.74, 6) is 0. The Balaban J connectivity index is 0.000000143. The molecular formula is C104H72N4. The Morgan fingerprint density at radius 3 is 0.898 bits per heavy atom. The van der Waals surface area contributed by atoms with Crippen LogP contribution in [0.3, 0.4) is 0 Å². The number of benzene rings is 17. The number of aromatic nitrogens is 4. The van der Waals surface area contributed by atoms with Gasteiger partial charge in [0.1, 0.15) is 0 Å². The predicted octanol–water partition coefficient (Wildman–Crippen LogP) is 27.5. The van der Waals surface area contributed by atoms with Gasteiger partial charge in [0, 0.05) is 33.1 Å². The van der Waals surface area contributed by atoms with Crippen molar-refractivity contribution >= 4 is 65.2 Å². The van der Waals surface area contributed by atoms with E-state index in [1.54, 1.807) is 0 Å². The summed E-state index contributed by atoms with van der Waals surface area (Å²) in [6.45, 7) is 9.45. The fourth-order valence-electron chi connectivity index (χ4n) is 17.7. The lowest BCUT2D eigenvalue weighted by molar-refractivity contribution is 0.660. The summed E-state index contributed by atoms with van der Waals surface area (Å²) >= 11 is 0. The zero-order valence-corrected chi connectivity index (χ0v) is 60.4. The van der Waals surface area contributed by atoms with Crippen LogP contribution in [0.4, 0.5) is 0 Å². The van der Waals surface area contributed by atoms with Gasteiger partial charge in [-0.1, -0.05) is 343 Å². The molecule has 0 saturated heterocycles. The van der Waals surface area contributed by atoms with Crippen molar-refractivity contribution < 1.29 is 0 Å². The van der Waals surface area contributed by atoms with Crippen LogP contribution in [-0.4, -0.2) is 19.9 Å². The molecule has 2 aliphatic rings. The molecule has 17 aromatic carbocycles. The minimum Gasteiger partial charge on any atom is -0.244 e. The highest BCUT2D eigenvalue weighted by atomic mass is 14.8. The Hall–Kier alpha value is -13.5. The van der Waals surface area contributed by atoms with Crippen LogP contribution in [0.15, 0.2) is 364 Å². The third-order valence-electron chi connectivity index (χ3n) is 22.9. The molecule has 2 aliphatic carbocycles. The zero-order chi connectivity index (χ0) is 72.2. The number of fused-ring (bicyclic) bond motifs is 12. The van der Waals surface area contributed by atoms with Crippen molar-refractivity contribution in [3.63, 3.8) is 0 Å². The summed E-state index contributed by atoms with van der Waals surface area (Å²) in [6.07, 6.45) is 0. The molecule has 4 heteroatoms. The second-order valence-corrected chi connectivity index (χ2v) is 29.8. The van der Waals surface area contributed by atoms with Crippen molar-refractivity contribution in [2.75, 3.05) is 0 Å². The van der Waals surface area contributed by atoms with Crippen LogP contribution in [0.25, 0.3) is 188 Å². The van der Waals surface area contributed by atoms with E-state index in [0.717, 1.165) is 83.4 Å². The van der Waals surface area contributed by atoms with Gasteiger partial charge in [0.05, 0.1) is 44.8 Å². The largest absolute Gasteiger partial charge is 0.244 e. The summed E-state index contributed by atoms with van der Waals surface area (Å²) in [7, 11) is 0. The third kappa shape index (κ3) is 10.6. The average Bonchev–Trinajstić information content (AvgIpc) is 1.31. The van der Waals surface area contributed by atoms with Crippen molar-refractivity contribution in [2.45, 2.75) is 38.5 Å². The van der Waals surface area contributed by atoms with Gasteiger partial charge < -0.3 is 0 Å². The second-order valence-electron chi connectivity index (χ2n) is 29.8. The Labute approximate surface area is 628 Å². The van der Waals surface area contributed by atoms with Crippen molar-refractivity contribution in [1.29, 1.82) is 0 Å². The molecule has 19 aromatic rings. The van der Waals surface area contributed by atoms with E-state index < -0.39 is 0 Å². The van der Waals surface area contributed by atoms with E-state index in [1.165, 1.54) is 127 Å². The Morgan fingerprint density at radius 2 is 0.454 bits per heavy atom. The van der Waals surface area contributed by atoms with Gasteiger partial charge in [0.15, 0.2) is 0 Å². The quantitative estimate of drug-likeness (QED) is 0.135. The van der Waals surface area contributed by atoms with E-state index in [9.17, 15) is 0 Å². The lowest BCUT2D eigenvalue weighted by atomic mass is 9.80. The van der Waals surface area contributed by atoms with E-state index in [-0.39, 0.29) is 10.8 Å². The van der Waals surface area contributed by atoms with Crippen LogP contribution in [-0.2, 0) is 10.8 Å². The highest BCUT2D eigenvalue weighted by molar-refractivity contribution is 6.24. The van der Waals surface area contributed by atoms with Gasteiger partial charge in [-0.05, 0) is 192 Å². The first-order valence-electron chi connectivity index (χ1n) is 37.4. The van der Waals surface area contributed by atoms with Crippen LogP contribution in [0.1, 0.15) is 49.9 Å². The number of rotatable bonds is 9. The van der Waals surface area contributed by atoms with Crippen LogP contribution >= 0.6 is 0 Å². The minimum absolute atomic E-state index is 0.103. The molecule has 2 heterocycles. The minimum atomic E-state index is -0.103. The number of para-hydroxylation sites is 2. The summed E-state index contributed by atoms with van der Waals surface area (Å²) in [5, 5.41) is 9.61. The number of hydrogen-bond acceptors (Lipinski definition) is 4. The number of nitrogens with zero attached hydrogens (tertiary/aromatic N) is 4. The third-order valence-corrected chi connectivity index (χ3v) is 22.9. The fourth-order valence-corrected chi connectivity index (χ4v) is 17.7. The summed E-state index contributed by atoms with van der Waals surface area (Å²) in [6, 6.07) is 131. The van der Waals surface area contributed by atoms with Gasteiger partial charge in [-0.2, -0.15) is 0 Å². The Bertz CT molecular complexity index is 6820. The Morgan fingerprint density at radius 1 is 0.167 bits per heavy atom. The first-order chi connectivity index (χ1) is 53.1. The number of hydrogen-bond donors (Lipinski definition) is 0. The first-order valence-corrected chi connectivity index (χ1v) is 37.4. The smallest absolute Gasteiger partial charge is 0.0985 e. The topological polar surface area (TPSA) is 51.6 Å². The molecule has 0 fully saturated rings. The van der Waals surface area contributed by atoms with Crippen LogP contribution < -0.4 is 0 Å². The molecule has 508 valence electrons. The molecule has 2 aromatic heterocycles. The van der Waals surface area contributed by atoms with Crippen molar-refractivity contribution in [3.8, 4) is 123 Å². The molecule has 0 atom stereocenters. The maximum atomic E-state index is 5.43. The molecule has 0 N–H and O–H groups in total. The van der Waals surface area contributed by atoms with Gasteiger partial charge in [-0.3, -0.25) is 0 Å². The molecule has 4 nitrogen and oxygen atoms in total. The van der Waals surface area contributed by atoms with Crippen molar-refractivity contribution in [1.82, 2.24) is 19.9 Å². The van der Waals surface area contributed by atoms with E-state index in [4.69, 9.17) is 19.9 Å². The zero-order valence-electron chi connectivity index (χ0n) is 60.4. The van der Waals surface area contributed by atoms with Gasteiger partial charge in [-0.25, -0.2) is 19.9 Å². The van der Waals surface area contributed by atoms with Gasteiger partial charge in [-0.15, -0.1) is 0 Å². The van der Waals surface area contributed by atoms with Crippen LogP contribution in [0, 0.1) is 0 Å². The van der Waals surface area contributed by atoms with Gasteiger partial charge in [0.25, 0.3) is 0 Å². The monoisotopic (exact) mass is 1380 g/mol. The predicted molar refractivity (Wildman–Crippen MR) is 453 cm³/mol. The lowest BCUT2D eigenvalue weighted by Crippen LogP contribution is -2.14. The SMILES string of the molecule is CC1(C)c2ccccc2-c2ccc(-c3c4ccccc4c(-c4ccc5nc(-c6ccccc6)c(-c6ccccc6)nc5c4)c4ccc(-c5ccccc5)cc34)cc21.CC1(C)c2ccccc2-c2ccc(-c3c4ccccc4c(-c4nc5ccccc5nc4-c4ccccc4)c4ccc(-c5ccccc5)cc34)cc21. The second kappa shape index (κ2) is 25.7.